The molecule has 2 atom stereocenters. The maximum atomic E-state index is 9.81. The molecule has 2 unspecified atom stereocenters. The summed E-state index contributed by atoms with van der Waals surface area (Å²) in [5.41, 5.74) is 5.48. The van der Waals surface area contributed by atoms with Gasteiger partial charge in [-0.05, 0) is 51.0 Å². The van der Waals surface area contributed by atoms with E-state index in [0.29, 0.717) is 0 Å². The third-order valence-electron chi connectivity index (χ3n) is 3.19. The van der Waals surface area contributed by atoms with Gasteiger partial charge in [-0.1, -0.05) is 13.3 Å². The summed E-state index contributed by atoms with van der Waals surface area (Å²) in [5, 5.41) is 9.81. The Hall–Kier alpha value is -0.0800. The maximum Gasteiger partial charge on any atom is 0.0597 e. The van der Waals surface area contributed by atoms with Crippen LogP contribution in [0.15, 0.2) is 0 Å². The molecule has 78 valence electrons. The molecule has 1 aliphatic rings. The third kappa shape index (κ3) is 2.96. The lowest BCUT2D eigenvalue weighted by Gasteiger charge is -2.33. The highest BCUT2D eigenvalue weighted by Crippen LogP contribution is 2.45. The Kier molecular flexibility index (Phi) is 3.03. The van der Waals surface area contributed by atoms with E-state index in [9.17, 15) is 5.11 Å². The van der Waals surface area contributed by atoms with Crippen molar-refractivity contribution in [2.24, 2.45) is 17.1 Å². The van der Waals surface area contributed by atoms with Gasteiger partial charge in [-0.3, -0.25) is 0 Å². The van der Waals surface area contributed by atoms with E-state index in [2.05, 4.69) is 6.92 Å². The Morgan fingerprint density at radius 2 is 2.15 bits per heavy atom. The van der Waals surface area contributed by atoms with Gasteiger partial charge < -0.3 is 10.8 Å². The van der Waals surface area contributed by atoms with Gasteiger partial charge >= 0.3 is 0 Å². The van der Waals surface area contributed by atoms with E-state index in [-0.39, 0.29) is 5.41 Å². The van der Waals surface area contributed by atoms with E-state index in [1.807, 2.05) is 13.8 Å². The number of hydrogen-bond donors (Lipinski definition) is 2. The van der Waals surface area contributed by atoms with Crippen LogP contribution in [0.3, 0.4) is 0 Å². The van der Waals surface area contributed by atoms with Crippen LogP contribution in [0.2, 0.25) is 0 Å². The first-order valence-corrected chi connectivity index (χ1v) is 5.29. The molecule has 0 saturated heterocycles. The highest BCUT2D eigenvalue weighted by molar-refractivity contribution is 4.92. The van der Waals surface area contributed by atoms with Crippen LogP contribution in [0.1, 0.15) is 46.5 Å². The zero-order chi connectivity index (χ0) is 10.1. The Morgan fingerprint density at radius 3 is 2.46 bits per heavy atom. The fourth-order valence-corrected chi connectivity index (χ4v) is 2.83. The van der Waals surface area contributed by atoms with Crippen molar-refractivity contribution in [1.29, 1.82) is 0 Å². The molecule has 0 aromatic heterocycles. The summed E-state index contributed by atoms with van der Waals surface area (Å²) in [6.07, 6.45) is 4.50. The summed E-state index contributed by atoms with van der Waals surface area (Å²) in [4.78, 5) is 0. The Morgan fingerprint density at radius 1 is 1.54 bits per heavy atom. The molecule has 0 aliphatic heterocycles. The average molecular weight is 185 g/mol. The van der Waals surface area contributed by atoms with Crippen LogP contribution in [0.25, 0.3) is 0 Å². The summed E-state index contributed by atoms with van der Waals surface area (Å²) in [6, 6.07) is 0. The standard InChI is InChI=1S/C11H23NO/c1-9-4-5-11(6-9,8-12)7-10(2,3)13/h9,13H,4-8,12H2,1-3H3. The lowest BCUT2D eigenvalue weighted by molar-refractivity contribution is 0.0240. The fraction of sp³-hybridized carbons (Fsp3) is 1.00. The van der Waals surface area contributed by atoms with E-state index in [4.69, 9.17) is 5.73 Å². The van der Waals surface area contributed by atoms with Gasteiger partial charge in [0.1, 0.15) is 0 Å². The van der Waals surface area contributed by atoms with Gasteiger partial charge in [0.25, 0.3) is 0 Å². The van der Waals surface area contributed by atoms with Crippen LogP contribution < -0.4 is 5.73 Å². The van der Waals surface area contributed by atoms with Crippen molar-refractivity contribution in [2.45, 2.75) is 52.1 Å². The summed E-state index contributed by atoms with van der Waals surface area (Å²) in [5.74, 6) is 0.783. The first-order valence-electron chi connectivity index (χ1n) is 5.29. The van der Waals surface area contributed by atoms with E-state index in [1.54, 1.807) is 0 Å². The number of hydrogen-bond acceptors (Lipinski definition) is 2. The molecule has 0 bridgehead atoms. The minimum absolute atomic E-state index is 0.220. The Balaban J connectivity index is 2.61. The van der Waals surface area contributed by atoms with E-state index in [0.717, 1.165) is 18.9 Å². The van der Waals surface area contributed by atoms with Crippen LogP contribution in [-0.2, 0) is 0 Å². The lowest BCUT2D eigenvalue weighted by atomic mass is 9.76. The SMILES string of the molecule is CC1CCC(CN)(CC(C)(C)O)C1. The minimum atomic E-state index is -0.566. The van der Waals surface area contributed by atoms with E-state index in [1.165, 1.54) is 19.3 Å². The van der Waals surface area contributed by atoms with Gasteiger partial charge in [-0.2, -0.15) is 0 Å². The molecule has 1 saturated carbocycles. The quantitative estimate of drug-likeness (QED) is 0.705. The minimum Gasteiger partial charge on any atom is -0.390 e. The van der Waals surface area contributed by atoms with Crippen LogP contribution >= 0.6 is 0 Å². The third-order valence-corrected chi connectivity index (χ3v) is 3.19. The lowest BCUT2D eigenvalue weighted by Crippen LogP contribution is -2.36. The molecule has 0 aromatic carbocycles. The second kappa shape index (κ2) is 3.58. The molecule has 3 N–H and O–H groups in total. The maximum absolute atomic E-state index is 9.81. The smallest absolute Gasteiger partial charge is 0.0597 e. The molecule has 0 heterocycles. The molecule has 0 amide bonds. The van der Waals surface area contributed by atoms with Gasteiger partial charge in [-0.25, -0.2) is 0 Å². The largest absolute Gasteiger partial charge is 0.390 e. The summed E-state index contributed by atoms with van der Waals surface area (Å²) < 4.78 is 0. The van der Waals surface area contributed by atoms with Crippen molar-refractivity contribution < 1.29 is 5.11 Å². The van der Waals surface area contributed by atoms with Crippen molar-refractivity contribution >= 4 is 0 Å². The molecule has 0 radical (unpaired) electrons. The normalized spacial score (nSPS) is 35.3. The zero-order valence-electron chi connectivity index (χ0n) is 9.14. The van der Waals surface area contributed by atoms with E-state index < -0.39 is 5.60 Å². The molecule has 1 aliphatic carbocycles. The average Bonchev–Trinajstić information content (AvgIpc) is 2.29. The molecule has 0 aromatic rings. The fourth-order valence-electron chi connectivity index (χ4n) is 2.83. The van der Waals surface area contributed by atoms with Gasteiger partial charge in [0.15, 0.2) is 0 Å². The molecule has 1 fully saturated rings. The first-order chi connectivity index (χ1) is 5.87. The predicted octanol–water partition coefficient (Wildman–Crippen LogP) is 1.91. The highest BCUT2D eigenvalue weighted by Gasteiger charge is 2.39. The van der Waals surface area contributed by atoms with Crippen LogP contribution in [0, 0.1) is 11.3 Å². The molecule has 1 rings (SSSR count). The van der Waals surface area contributed by atoms with Crippen molar-refractivity contribution in [3.8, 4) is 0 Å². The number of rotatable bonds is 3. The first kappa shape index (κ1) is 11.0. The molecular formula is C11H23NO. The van der Waals surface area contributed by atoms with Gasteiger partial charge in [0.2, 0.25) is 0 Å². The second-order valence-corrected chi connectivity index (χ2v) is 5.54. The molecular weight excluding hydrogens is 162 g/mol. The summed E-state index contributed by atoms with van der Waals surface area (Å²) in [7, 11) is 0. The van der Waals surface area contributed by atoms with Crippen molar-refractivity contribution in [3.63, 3.8) is 0 Å². The number of aliphatic hydroxyl groups is 1. The van der Waals surface area contributed by atoms with Crippen molar-refractivity contribution in [1.82, 2.24) is 0 Å². The van der Waals surface area contributed by atoms with Crippen LogP contribution in [0.4, 0.5) is 0 Å². The van der Waals surface area contributed by atoms with Gasteiger partial charge in [0.05, 0.1) is 5.60 Å². The van der Waals surface area contributed by atoms with Crippen LogP contribution in [0.5, 0.6) is 0 Å². The predicted molar refractivity (Wildman–Crippen MR) is 55.4 cm³/mol. The molecule has 2 nitrogen and oxygen atoms in total. The molecule has 2 heteroatoms. The Labute approximate surface area is 81.5 Å². The second-order valence-electron chi connectivity index (χ2n) is 5.54. The Bertz CT molecular complexity index is 173. The van der Waals surface area contributed by atoms with Gasteiger partial charge in [-0.15, -0.1) is 0 Å². The van der Waals surface area contributed by atoms with Crippen LogP contribution in [-0.4, -0.2) is 17.3 Å². The van der Waals surface area contributed by atoms with Crippen molar-refractivity contribution in [2.75, 3.05) is 6.54 Å². The highest BCUT2D eigenvalue weighted by atomic mass is 16.3. The summed E-state index contributed by atoms with van der Waals surface area (Å²) in [6.45, 7) is 6.77. The molecule has 13 heavy (non-hydrogen) atoms. The summed E-state index contributed by atoms with van der Waals surface area (Å²) >= 11 is 0. The number of nitrogens with two attached hydrogens (primary N) is 1. The monoisotopic (exact) mass is 185 g/mol. The van der Waals surface area contributed by atoms with E-state index >= 15 is 0 Å². The topological polar surface area (TPSA) is 46.2 Å². The molecule has 0 spiro atoms. The zero-order valence-corrected chi connectivity index (χ0v) is 9.14. The van der Waals surface area contributed by atoms with Gasteiger partial charge in [0, 0.05) is 0 Å². The van der Waals surface area contributed by atoms with Crippen molar-refractivity contribution in [3.05, 3.63) is 0 Å².